The quantitative estimate of drug-likeness (QED) is 0.790. The van der Waals surface area contributed by atoms with Crippen molar-refractivity contribution in [3.8, 4) is 0 Å². The largest absolute Gasteiger partial charge is 0.325 e. The molecule has 0 atom stereocenters. The summed E-state index contributed by atoms with van der Waals surface area (Å²) in [6.07, 6.45) is 6.56. The van der Waals surface area contributed by atoms with Crippen LogP contribution in [0.15, 0.2) is 24.4 Å². The molecule has 3 N–H and O–H groups in total. The summed E-state index contributed by atoms with van der Waals surface area (Å²) in [5, 5.41) is 8.45. The van der Waals surface area contributed by atoms with Gasteiger partial charge in [0.15, 0.2) is 0 Å². The standard InChI is InChI=1S/C14H19N3/c1-14(15)7-5-10(6-8-14)11-3-2-4-13-12(11)9-16-17-13/h2-4,9-10H,5-8,15H2,1H3,(H,16,17). The Morgan fingerprint density at radius 3 is 2.88 bits per heavy atom. The van der Waals surface area contributed by atoms with E-state index in [2.05, 4.69) is 35.3 Å². The van der Waals surface area contributed by atoms with E-state index in [1.807, 2.05) is 6.20 Å². The monoisotopic (exact) mass is 229 g/mol. The zero-order valence-electron chi connectivity index (χ0n) is 10.2. The number of nitrogens with one attached hydrogen (secondary N) is 1. The van der Waals surface area contributed by atoms with Crippen LogP contribution in [-0.4, -0.2) is 15.7 Å². The highest BCUT2D eigenvalue weighted by Crippen LogP contribution is 2.38. The first kappa shape index (κ1) is 10.8. The number of hydrogen-bond donors (Lipinski definition) is 2. The molecule has 1 aromatic heterocycles. The molecule has 0 spiro atoms. The minimum absolute atomic E-state index is 0.0425. The maximum absolute atomic E-state index is 6.19. The fourth-order valence-electron chi connectivity index (χ4n) is 2.94. The lowest BCUT2D eigenvalue weighted by atomic mass is 9.75. The van der Waals surface area contributed by atoms with Crippen LogP contribution in [0.25, 0.3) is 10.9 Å². The molecule has 1 saturated carbocycles. The molecule has 0 radical (unpaired) electrons. The summed E-state index contributed by atoms with van der Waals surface area (Å²) in [6, 6.07) is 6.44. The molecule has 0 bridgehead atoms. The Morgan fingerprint density at radius 2 is 2.12 bits per heavy atom. The van der Waals surface area contributed by atoms with Crippen molar-refractivity contribution in [1.82, 2.24) is 10.2 Å². The molecule has 1 fully saturated rings. The lowest BCUT2D eigenvalue weighted by Gasteiger charge is -2.34. The predicted molar refractivity (Wildman–Crippen MR) is 69.9 cm³/mol. The smallest absolute Gasteiger partial charge is 0.0653 e. The minimum Gasteiger partial charge on any atom is -0.325 e. The molecular formula is C14H19N3. The third-order valence-electron chi connectivity index (χ3n) is 4.09. The Kier molecular flexibility index (Phi) is 2.44. The SMILES string of the molecule is CC1(N)CCC(c2cccc3[nH]ncc23)CC1. The number of aromatic nitrogens is 2. The van der Waals surface area contributed by atoms with Gasteiger partial charge in [0.25, 0.3) is 0 Å². The molecule has 0 unspecified atom stereocenters. The molecule has 1 aliphatic rings. The van der Waals surface area contributed by atoms with Crippen molar-refractivity contribution in [2.45, 2.75) is 44.1 Å². The van der Waals surface area contributed by atoms with E-state index >= 15 is 0 Å². The van der Waals surface area contributed by atoms with Gasteiger partial charge in [-0.15, -0.1) is 0 Å². The molecule has 3 nitrogen and oxygen atoms in total. The van der Waals surface area contributed by atoms with Crippen molar-refractivity contribution >= 4 is 10.9 Å². The molecule has 2 aromatic rings. The van der Waals surface area contributed by atoms with Gasteiger partial charge in [-0.3, -0.25) is 5.10 Å². The molecule has 3 rings (SSSR count). The van der Waals surface area contributed by atoms with Crippen LogP contribution in [0.4, 0.5) is 0 Å². The summed E-state index contributed by atoms with van der Waals surface area (Å²) in [4.78, 5) is 0. The highest BCUT2D eigenvalue weighted by atomic mass is 15.1. The molecule has 90 valence electrons. The van der Waals surface area contributed by atoms with Crippen LogP contribution in [0.2, 0.25) is 0 Å². The molecular weight excluding hydrogens is 210 g/mol. The number of rotatable bonds is 1. The van der Waals surface area contributed by atoms with E-state index in [0.29, 0.717) is 5.92 Å². The lowest BCUT2D eigenvalue weighted by Crippen LogP contribution is -2.39. The van der Waals surface area contributed by atoms with E-state index in [1.165, 1.54) is 23.8 Å². The molecule has 0 amide bonds. The number of nitrogens with zero attached hydrogens (tertiary/aromatic N) is 1. The maximum Gasteiger partial charge on any atom is 0.0653 e. The summed E-state index contributed by atoms with van der Waals surface area (Å²) < 4.78 is 0. The summed E-state index contributed by atoms with van der Waals surface area (Å²) >= 11 is 0. The van der Waals surface area contributed by atoms with Gasteiger partial charge in [-0.2, -0.15) is 5.10 Å². The summed E-state index contributed by atoms with van der Waals surface area (Å²) in [7, 11) is 0. The highest BCUT2D eigenvalue weighted by Gasteiger charge is 2.28. The highest BCUT2D eigenvalue weighted by molar-refractivity contribution is 5.82. The van der Waals surface area contributed by atoms with E-state index in [-0.39, 0.29) is 5.54 Å². The second-order valence-corrected chi connectivity index (χ2v) is 5.61. The second kappa shape index (κ2) is 3.84. The Bertz CT molecular complexity index is 517. The van der Waals surface area contributed by atoms with Gasteiger partial charge >= 0.3 is 0 Å². The van der Waals surface area contributed by atoms with Gasteiger partial charge in [-0.25, -0.2) is 0 Å². The van der Waals surface area contributed by atoms with Crippen LogP contribution in [0, 0.1) is 0 Å². The van der Waals surface area contributed by atoms with E-state index in [4.69, 9.17) is 5.73 Å². The Balaban J connectivity index is 1.92. The Morgan fingerprint density at radius 1 is 1.35 bits per heavy atom. The summed E-state index contributed by atoms with van der Waals surface area (Å²) in [5.74, 6) is 0.646. The minimum atomic E-state index is 0.0425. The average molecular weight is 229 g/mol. The van der Waals surface area contributed by atoms with Gasteiger partial charge in [0.1, 0.15) is 0 Å². The van der Waals surface area contributed by atoms with E-state index in [9.17, 15) is 0 Å². The van der Waals surface area contributed by atoms with Crippen molar-refractivity contribution in [2.75, 3.05) is 0 Å². The molecule has 0 saturated heterocycles. The molecule has 3 heteroatoms. The number of fused-ring (bicyclic) bond motifs is 1. The Hall–Kier alpha value is -1.35. The van der Waals surface area contributed by atoms with Crippen LogP contribution in [-0.2, 0) is 0 Å². The molecule has 1 aliphatic carbocycles. The predicted octanol–water partition coefficient (Wildman–Crippen LogP) is 2.94. The van der Waals surface area contributed by atoms with Gasteiger partial charge in [-0.05, 0) is 50.2 Å². The number of hydrogen-bond acceptors (Lipinski definition) is 2. The second-order valence-electron chi connectivity index (χ2n) is 5.61. The fraction of sp³-hybridized carbons (Fsp3) is 0.500. The van der Waals surface area contributed by atoms with E-state index in [1.54, 1.807) is 0 Å². The topological polar surface area (TPSA) is 54.7 Å². The molecule has 1 aromatic carbocycles. The zero-order chi connectivity index (χ0) is 11.9. The Labute approximate surface area is 101 Å². The van der Waals surface area contributed by atoms with Crippen LogP contribution in [0.3, 0.4) is 0 Å². The van der Waals surface area contributed by atoms with Crippen molar-refractivity contribution in [3.63, 3.8) is 0 Å². The number of H-pyrrole nitrogens is 1. The first-order valence-electron chi connectivity index (χ1n) is 6.37. The summed E-state index contributed by atoms with van der Waals surface area (Å²) in [5.41, 5.74) is 8.81. The van der Waals surface area contributed by atoms with Crippen molar-refractivity contribution < 1.29 is 0 Å². The van der Waals surface area contributed by atoms with Crippen molar-refractivity contribution in [2.24, 2.45) is 5.73 Å². The number of nitrogens with two attached hydrogens (primary N) is 1. The molecule has 0 aliphatic heterocycles. The van der Waals surface area contributed by atoms with Crippen LogP contribution >= 0.6 is 0 Å². The fourth-order valence-corrected chi connectivity index (χ4v) is 2.94. The lowest BCUT2D eigenvalue weighted by molar-refractivity contribution is 0.296. The van der Waals surface area contributed by atoms with Crippen molar-refractivity contribution in [1.29, 1.82) is 0 Å². The van der Waals surface area contributed by atoms with Gasteiger partial charge in [0.05, 0.1) is 11.7 Å². The third kappa shape index (κ3) is 1.95. The van der Waals surface area contributed by atoms with Gasteiger partial charge in [-0.1, -0.05) is 12.1 Å². The van der Waals surface area contributed by atoms with Gasteiger partial charge in [0, 0.05) is 10.9 Å². The maximum atomic E-state index is 6.19. The van der Waals surface area contributed by atoms with E-state index in [0.717, 1.165) is 18.4 Å². The first-order valence-corrected chi connectivity index (χ1v) is 6.37. The average Bonchev–Trinajstić information content (AvgIpc) is 2.77. The summed E-state index contributed by atoms with van der Waals surface area (Å²) in [6.45, 7) is 2.17. The molecule has 17 heavy (non-hydrogen) atoms. The van der Waals surface area contributed by atoms with Crippen LogP contribution < -0.4 is 5.73 Å². The van der Waals surface area contributed by atoms with E-state index < -0.39 is 0 Å². The first-order chi connectivity index (χ1) is 8.16. The number of benzene rings is 1. The number of aromatic amines is 1. The van der Waals surface area contributed by atoms with Gasteiger partial charge in [0.2, 0.25) is 0 Å². The van der Waals surface area contributed by atoms with Gasteiger partial charge < -0.3 is 5.73 Å². The normalized spacial score (nSPS) is 29.6. The zero-order valence-corrected chi connectivity index (χ0v) is 10.2. The molecule has 1 heterocycles. The van der Waals surface area contributed by atoms with Crippen LogP contribution in [0.1, 0.15) is 44.1 Å². The van der Waals surface area contributed by atoms with Crippen molar-refractivity contribution in [3.05, 3.63) is 30.0 Å². The third-order valence-corrected chi connectivity index (χ3v) is 4.09. The van der Waals surface area contributed by atoms with Crippen LogP contribution in [0.5, 0.6) is 0 Å².